The number of halogens is 2. The van der Waals surface area contributed by atoms with Crippen molar-refractivity contribution in [2.45, 2.75) is 12.5 Å². The first-order valence-corrected chi connectivity index (χ1v) is 4.38. The van der Waals surface area contributed by atoms with E-state index in [1.165, 1.54) is 6.07 Å². The lowest BCUT2D eigenvalue weighted by Gasteiger charge is -2.28. The highest BCUT2D eigenvalue weighted by Gasteiger charge is 2.21. The molecule has 0 saturated carbocycles. The van der Waals surface area contributed by atoms with Gasteiger partial charge in [0.25, 0.3) is 0 Å². The lowest BCUT2D eigenvalue weighted by molar-refractivity contribution is 0.365. The molecule has 1 atom stereocenters. The molecule has 1 saturated heterocycles. The van der Waals surface area contributed by atoms with Crippen LogP contribution in [0.25, 0.3) is 0 Å². The smallest absolute Gasteiger partial charge is 0.128 e. The predicted octanol–water partition coefficient (Wildman–Crippen LogP) is 2.29. The number of hydrogen-bond donors (Lipinski definition) is 1. The first-order valence-electron chi connectivity index (χ1n) is 4.38. The topological polar surface area (TPSA) is 21.3 Å². The van der Waals surface area contributed by atoms with E-state index in [0.717, 1.165) is 13.0 Å². The molecule has 0 unspecified atom stereocenters. The van der Waals surface area contributed by atoms with Gasteiger partial charge in [0.2, 0.25) is 0 Å². The number of hydrogen-bond acceptors (Lipinski definition) is 2. The highest BCUT2D eigenvalue weighted by molar-refractivity contribution is 5.85. The van der Waals surface area contributed by atoms with E-state index in [2.05, 4.69) is 5.32 Å². The minimum absolute atomic E-state index is 0. The molecule has 2 nitrogen and oxygen atoms in total. The van der Waals surface area contributed by atoms with Gasteiger partial charge in [-0.1, -0.05) is 0 Å². The van der Waals surface area contributed by atoms with E-state index in [1.807, 2.05) is 0 Å². The van der Waals surface area contributed by atoms with E-state index in [1.54, 1.807) is 19.2 Å². The normalized spacial score (nSPS) is 19.4. The van der Waals surface area contributed by atoms with Crippen molar-refractivity contribution in [1.82, 2.24) is 5.32 Å². The van der Waals surface area contributed by atoms with Crippen molar-refractivity contribution in [2.75, 3.05) is 13.7 Å². The highest BCUT2D eigenvalue weighted by Crippen LogP contribution is 2.28. The molecule has 1 fully saturated rings. The SMILES string of the molecule is COc1ccc(F)c([C@H]2CCN2)c1.Cl. The summed E-state index contributed by atoms with van der Waals surface area (Å²) in [5.41, 5.74) is 0.714. The number of methoxy groups -OCH3 is 1. The summed E-state index contributed by atoms with van der Waals surface area (Å²) in [4.78, 5) is 0. The van der Waals surface area contributed by atoms with E-state index >= 15 is 0 Å². The Morgan fingerprint density at radius 2 is 2.21 bits per heavy atom. The second kappa shape index (κ2) is 4.62. The summed E-state index contributed by atoms with van der Waals surface area (Å²) in [6.45, 7) is 0.974. The van der Waals surface area contributed by atoms with Gasteiger partial charge in [0.1, 0.15) is 11.6 Å². The third-order valence-electron chi connectivity index (χ3n) is 2.40. The molecular weight excluding hydrogens is 205 g/mol. The van der Waals surface area contributed by atoms with Gasteiger partial charge in [-0.25, -0.2) is 4.39 Å². The molecular formula is C10H13ClFNO. The quantitative estimate of drug-likeness (QED) is 0.821. The Bertz CT molecular complexity index is 315. The van der Waals surface area contributed by atoms with Crippen molar-refractivity contribution in [3.63, 3.8) is 0 Å². The number of rotatable bonds is 2. The van der Waals surface area contributed by atoms with E-state index < -0.39 is 0 Å². The van der Waals surface area contributed by atoms with Crippen LogP contribution in [-0.2, 0) is 0 Å². The van der Waals surface area contributed by atoms with Crippen LogP contribution in [0, 0.1) is 5.82 Å². The molecule has 1 aliphatic rings. The van der Waals surface area contributed by atoms with Crippen molar-refractivity contribution >= 4 is 12.4 Å². The van der Waals surface area contributed by atoms with E-state index in [-0.39, 0.29) is 24.3 Å². The van der Waals surface area contributed by atoms with Crippen LogP contribution in [0.3, 0.4) is 0 Å². The molecule has 1 heterocycles. The number of ether oxygens (including phenoxy) is 1. The molecule has 1 N–H and O–H groups in total. The molecule has 1 aliphatic heterocycles. The Morgan fingerprint density at radius 3 is 2.71 bits per heavy atom. The summed E-state index contributed by atoms with van der Waals surface area (Å²) in [6.07, 6.45) is 1.00. The van der Waals surface area contributed by atoms with Crippen molar-refractivity contribution in [2.24, 2.45) is 0 Å². The van der Waals surface area contributed by atoms with Crippen LogP contribution in [0.4, 0.5) is 4.39 Å². The van der Waals surface area contributed by atoms with Crippen LogP contribution >= 0.6 is 12.4 Å². The maximum atomic E-state index is 13.3. The van der Waals surface area contributed by atoms with Gasteiger partial charge in [0.15, 0.2) is 0 Å². The summed E-state index contributed by atoms with van der Waals surface area (Å²) in [6, 6.07) is 5.02. The monoisotopic (exact) mass is 217 g/mol. The first kappa shape index (κ1) is 11.3. The van der Waals surface area contributed by atoms with Gasteiger partial charge >= 0.3 is 0 Å². The molecule has 4 heteroatoms. The van der Waals surface area contributed by atoms with Gasteiger partial charge in [-0.15, -0.1) is 12.4 Å². The Balaban J connectivity index is 0.000000980. The Morgan fingerprint density at radius 1 is 1.50 bits per heavy atom. The van der Waals surface area contributed by atoms with Crippen LogP contribution in [0.5, 0.6) is 5.75 Å². The zero-order chi connectivity index (χ0) is 9.26. The summed E-state index contributed by atoms with van der Waals surface area (Å²) in [5.74, 6) is 0.558. The first-order chi connectivity index (χ1) is 6.31. The summed E-state index contributed by atoms with van der Waals surface area (Å²) >= 11 is 0. The Labute approximate surface area is 88.9 Å². The van der Waals surface area contributed by atoms with Crippen LogP contribution in [0.1, 0.15) is 18.0 Å². The Kier molecular flexibility index (Phi) is 3.72. The van der Waals surface area contributed by atoms with E-state index in [9.17, 15) is 4.39 Å². The third-order valence-corrected chi connectivity index (χ3v) is 2.40. The van der Waals surface area contributed by atoms with Gasteiger partial charge in [-0.3, -0.25) is 0 Å². The maximum Gasteiger partial charge on any atom is 0.128 e. The van der Waals surface area contributed by atoms with Gasteiger partial charge in [0.05, 0.1) is 7.11 Å². The molecule has 1 aromatic carbocycles. The van der Waals surface area contributed by atoms with Crippen molar-refractivity contribution < 1.29 is 9.13 Å². The van der Waals surface area contributed by atoms with Gasteiger partial charge in [0, 0.05) is 11.6 Å². The Hall–Kier alpha value is -0.800. The minimum atomic E-state index is -0.155. The van der Waals surface area contributed by atoms with Crippen molar-refractivity contribution in [3.05, 3.63) is 29.6 Å². The summed E-state index contributed by atoms with van der Waals surface area (Å²) < 4.78 is 18.3. The summed E-state index contributed by atoms with van der Waals surface area (Å²) in [5, 5.41) is 3.16. The lowest BCUT2D eigenvalue weighted by Crippen LogP contribution is -2.35. The largest absolute Gasteiger partial charge is 0.497 e. The van der Waals surface area contributed by atoms with Crippen molar-refractivity contribution in [1.29, 1.82) is 0 Å². The lowest BCUT2D eigenvalue weighted by atomic mass is 9.97. The van der Waals surface area contributed by atoms with Gasteiger partial charge in [-0.05, 0) is 31.2 Å². The fraction of sp³-hybridized carbons (Fsp3) is 0.400. The average molecular weight is 218 g/mol. The van der Waals surface area contributed by atoms with Crippen LogP contribution in [-0.4, -0.2) is 13.7 Å². The molecule has 14 heavy (non-hydrogen) atoms. The molecule has 0 amide bonds. The second-order valence-corrected chi connectivity index (χ2v) is 3.18. The molecule has 78 valence electrons. The molecule has 2 rings (SSSR count). The molecule has 0 aromatic heterocycles. The van der Waals surface area contributed by atoms with Gasteiger partial charge < -0.3 is 10.1 Å². The summed E-state index contributed by atoms with van der Waals surface area (Å²) in [7, 11) is 1.59. The number of nitrogens with one attached hydrogen (secondary N) is 1. The van der Waals surface area contributed by atoms with Crippen LogP contribution < -0.4 is 10.1 Å². The molecule has 0 bridgehead atoms. The average Bonchev–Trinajstić information content (AvgIpc) is 2.06. The molecule has 1 aromatic rings. The number of benzene rings is 1. The second-order valence-electron chi connectivity index (χ2n) is 3.18. The fourth-order valence-corrected chi connectivity index (χ4v) is 1.47. The highest BCUT2D eigenvalue weighted by atomic mass is 35.5. The minimum Gasteiger partial charge on any atom is -0.497 e. The van der Waals surface area contributed by atoms with E-state index in [0.29, 0.717) is 11.3 Å². The zero-order valence-corrected chi connectivity index (χ0v) is 8.73. The maximum absolute atomic E-state index is 13.3. The van der Waals surface area contributed by atoms with Crippen LogP contribution in [0.15, 0.2) is 18.2 Å². The van der Waals surface area contributed by atoms with Gasteiger partial charge in [-0.2, -0.15) is 0 Å². The standard InChI is InChI=1S/C10H12FNO.ClH/c1-13-7-2-3-9(11)8(6-7)10-4-5-12-10;/h2-3,6,10,12H,4-5H2,1H3;1H/t10-;/m1./s1. The predicted molar refractivity (Wildman–Crippen MR) is 55.6 cm³/mol. The van der Waals surface area contributed by atoms with E-state index in [4.69, 9.17) is 4.74 Å². The third kappa shape index (κ3) is 1.99. The zero-order valence-electron chi connectivity index (χ0n) is 7.92. The van der Waals surface area contributed by atoms with Crippen molar-refractivity contribution in [3.8, 4) is 5.75 Å². The van der Waals surface area contributed by atoms with Crippen LogP contribution in [0.2, 0.25) is 0 Å². The fourth-order valence-electron chi connectivity index (χ4n) is 1.47. The molecule has 0 aliphatic carbocycles. The molecule has 0 spiro atoms. The molecule has 0 radical (unpaired) electrons.